The summed E-state index contributed by atoms with van der Waals surface area (Å²) in [6.07, 6.45) is 2.16. The summed E-state index contributed by atoms with van der Waals surface area (Å²) in [7, 11) is 0. The lowest BCUT2D eigenvalue weighted by Crippen LogP contribution is -2.03. The van der Waals surface area contributed by atoms with Gasteiger partial charge in [0.25, 0.3) is 0 Å². The first-order valence-corrected chi connectivity index (χ1v) is 16.6. The van der Waals surface area contributed by atoms with Gasteiger partial charge in [-0.1, -0.05) is 109 Å². The maximum absolute atomic E-state index is 5.36. The second-order valence-electron chi connectivity index (χ2n) is 11.9. The van der Waals surface area contributed by atoms with Crippen molar-refractivity contribution in [2.75, 3.05) is 0 Å². The molecular formula is C42H26N4S. The second kappa shape index (κ2) is 10.2. The molecule has 0 radical (unpaired) electrons. The summed E-state index contributed by atoms with van der Waals surface area (Å²) in [4.78, 5) is 11.5. The molecule has 10 aromatic rings. The predicted molar refractivity (Wildman–Crippen MR) is 197 cm³/mol. The Bertz CT molecular complexity index is 2780. The topological polar surface area (TPSA) is 35.6 Å². The molecule has 5 heteroatoms. The molecule has 4 nitrogen and oxygen atoms in total. The molecule has 0 bridgehead atoms. The van der Waals surface area contributed by atoms with Crippen molar-refractivity contribution >= 4 is 65.0 Å². The fourth-order valence-corrected chi connectivity index (χ4v) is 7.91. The summed E-state index contributed by atoms with van der Waals surface area (Å²) >= 11 is 1.66. The van der Waals surface area contributed by atoms with Crippen molar-refractivity contribution in [2.24, 2.45) is 0 Å². The quantitative estimate of drug-likeness (QED) is 0.197. The van der Waals surface area contributed by atoms with Crippen molar-refractivity contribution in [2.45, 2.75) is 0 Å². The maximum atomic E-state index is 5.36. The monoisotopic (exact) mass is 618 g/mol. The van der Waals surface area contributed by atoms with E-state index in [-0.39, 0.29) is 0 Å². The van der Waals surface area contributed by atoms with Gasteiger partial charge in [-0.05, 0) is 63.7 Å². The largest absolute Gasteiger partial charge is 0.316 e. The van der Waals surface area contributed by atoms with Gasteiger partial charge in [0.05, 0.1) is 22.2 Å². The molecule has 220 valence electrons. The molecule has 0 saturated heterocycles. The Morgan fingerprint density at radius 1 is 0.489 bits per heavy atom. The standard InChI is InChI=1S/C42H26N4S/c1-2-11-30(12-3-1)45-25-23-35-37(45)22-21-34-33-14-6-7-16-38(33)46(40(34)35)42-43-39(36-24-26-47-41(36)44-42)29-19-17-28(18-20-29)32-15-8-10-27-9-4-5-13-31(27)32/h1-26H. The first-order valence-electron chi connectivity index (χ1n) is 15.7. The zero-order valence-electron chi connectivity index (χ0n) is 25.2. The van der Waals surface area contributed by atoms with Gasteiger partial charge in [0.1, 0.15) is 4.83 Å². The lowest BCUT2D eigenvalue weighted by Gasteiger charge is -2.12. The molecule has 0 aliphatic heterocycles. The number of nitrogens with zero attached hydrogens (tertiary/aromatic N) is 4. The Morgan fingerprint density at radius 2 is 1.26 bits per heavy atom. The highest BCUT2D eigenvalue weighted by Gasteiger charge is 2.20. The van der Waals surface area contributed by atoms with Gasteiger partial charge >= 0.3 is 0 Å². The van der Waals surface area contributed by atoms with Crippen LogP contribution < -0.4 is 0 Å². The van der Waals surface area contributed by atoms with Crippen LogP contribution in [-0.2, 0) is 0 Å². The van der Waals surface area contributed by atoms with E-state index in [1.807, 2.05) is 0 Å². The van der Waals surface area contributed by atoms with Crippen LogP contribution >= 0.6 is 11.3 Å². The van der Waals surface area contributed by atoms with Crippen molar-refractivity contribution < 1.29 is 0 Å². The van der Waals surface area contributed by atoms with Gasteiger partial charge < -0.3 is 4.57 Å². The summed E-state index contributed by atoms with van der Waals surface area (Å²) in [6, 6.07) is 51.8. The van der Waals surface area contributed by atoms with Crippen molar-refractivity contribution in [3.05, 3.63) is 157 Å². The van der Waals surface area contributed by atoms with Crippen LogP contribution in [0.4, 0.5) is 0 Å². The summed E-state index contributed by atoms with van der Waals surface area (Å²) in [5.74, 6) is 0.680. The average Bonchev–Trinajstić information content (AvgIpc) is 3.87. The molecule has 0 aliphatic carbocycles. The Labute approximate surface area is 274 Å². The third-order valence-electron chi connectivity index (χ3n) is 9.31. The highest BCUT2D eigenvalue weighted by molar-refractivity contribution is 7.16. The number of para-hydroxylation sites is 2. The Hall–Kier alpha value is -6.04. The van der Waals surface area contributed by atoms with Gasteiger partial charge in [-0.2, -0.15) is 0 Å². The minimum absolute atomic E-state index is 0.680. The number of aromatic nitrogens is 4. The number of hydrogen-bond acceptors (Lipinski definition) is 3. The van der Waals surface area contributed by atoms with Crippen LogP contribution in [-0.4, -0.2) is 19.1 Å². The molecule has 0 spiro atoms. The first-order chi connectivity index (χ1) is 23.3. The zero-order chi connectivity index (χ0) is 30.9. The van der Waals surface area contributed by atoms with E-state index in [1.54, 1.807) is 11.3 Å². The smallest absolute Gasteiger partial charge is 0.236 e. The lowest BCUT2D eigenvalue weighted by atomic mass is 9.97. The van der Waals surface area contributed by atoms with E-state index in [0.717, 1.165) is 43.7 Å². The number of hydrogen-bond donors (Lipinski definition) is 0. The zero-order valence-corrected chi connectivity index (χ0v) is 26.0. The van der Waals surface area contributed by atoms with Crippen LogP contribution in [0.5, 0.6) is 0 Å². The van der Waals surface area contributed by atoms with Gasteiger partial charge in [0.2, 0.25) is 5.95 Å². The van der Waals surface area contributed by atoms with Crippen LogP contribution in [0.3, 0.4) is 0 Å². The SMILES string of the molecule is c1ccc(-n2ccc3c2ccc2c4ccccc4n(-c4nc(-c5ccc(-c6cccc7ccccc67)cc5)c5ccsc5n4)c23)cc1. The van der Waals surface area contributed by atoms with Crippen molar-refractivity contribution in [1.82, 2.24) is 19.1 Å². The molecule has 6 aromatic carbocycles. The molecule has 0 aliphatic rings. The van der Waals surface area contributed by atoms with Gasteiger partial charge in [-0.3, -0.25) is 4.57 Å². The second-order valence-corrected chi connectivity index (χ2v) is 12.8. The van der Waals surface area contributed by atoms with Crippen LogP contribution in [0.15, 0.2) is 157 Å². The molecule has 0 amide bonds. The minimum atomic E-state index is 0.680. The molecular weight excluding hydrogens is 593 g/mol. The highest BCUT2D eigenvalue weighted by atomic mass is 32.1. The van der Waals surface area contributed by atoms with Crippen LogP contribution in [0.2, 0.25) is 0 Å². The van der Waals surface area contributed by atoms with E-state index in [2.05, 4.69) is 166 Å². The molecule has 0 fully saturated rings. The van der Waals surface area contributed by atoms with Gasteiger partial charge in [0.15, 0.2) is 0 Å². The number of thiophene rings is 1. The third kappa shape index (κ3) is 4.00. The maximum Gasteiger partial charge on any atom is 0.236 e. The third-order valence-corrected chi connectivity index (χ3v) is 10.1. The highest BCUT2D eigenvalue weighted by Crippen LogP contribution is 2.39. The molecule has 47 heavy (non-hydrogen) atoms. The van der Waals surface area contributed by atoms with Crippen LogP contribution in [0, 0.1) is 0 Å². The summed E-state index contributed by atoms with van der Waals surface area (Å²) in [5.41, 5.74) is 8.92. The summed E-state index contributed by atoms with van der Waals surface area (Å²) < 4.78 is 4.51. The molecule has 4 heterocycles. The molecule has 10 rings (SSSR count). The Kier molecular flexibility index (Phi) is 5.71. The minimum Gasteiger partial charge on any atom is -0.316 e. The Balaban J connectivity index is 1.19. The fraction of sp³-hybridized carbons (Fsp3) is 0. The predicted octanol–water partition coefficient (Wildman–Crippen LogP) is 11.2. The summed E-state index contributed by atoms with van der Waals surface area (Å²) in [6.45, 7) is 0. The molecule has 0 N–H and O–H groups in total. The van der Waals surface area contributed by atoms with E-state index in [9.17, 15) is 0 Å². The van der Waals surface area contributed by atoms with Crippen LogP contribution in [0.1, 0.15) is 0 Å². The number of rotatable bonds is 4. The number of benzene rings is 6. The Morgan fingerprint density at radius 3 is 2.15 bits per heavy atom. The van der Waals surface area contributed by atoms with Crippen molar-refractivity contribution in [1.29, 1.82) is 0 Å². The van der Waals surface area contributed by atoms with E-state index in [4.69, 9.17) is 9.97 Å². The van der Waals surface area contributed by atoms with Gasteiger partial charge in [-0.25, -0.2) is 9.97 Å². The van der Waals surface area contributed by atoms with E-state index in [1.165, 1.54) is 38.1 Å². The van der Waals surface area contributed by atoms with Gasteiger partial charge in [0, 0.05) is 39.0 Å². The molecule has 0 unspecified atom stereocenters. The van der Waals surface area contributed by atoms with Crippen molar-refractivity contribution in [3.8, 4) is 34.0 Å². The fourth-order valence-electron chi connectivity index (χ4n) is 7.15. The van der Waals surface area contributed by atoms with Crippen LogP contribution in [0.25, 0.3) is 87.7 Å². The molecule has 0 saturated carbocycles. The van der Waals surface area contributed by atoms with Gasteiger partial charge in [-0.15, -0.1) is 11.3 Å². The normalized spacial score (nSPS) is 11.8. The first kappa shape index (κ1) is 26.2. The lowest BCUT2D eigenvalue weighted by molar-refractivity contribution is 1.02. The van der Waals surface area contributed by atoms with Crippen molar-refractivity contribution in [3.63, 3.8) is 0 Å². The summed E-state index contributed by atoms with van der Waals surface area (Å²) in [5, 5.41) is 9.22. The van der Waals surface area contributed by atoms with E-state index in [0.29, 0.717) is 5.95 Å². The number of fused-ring (bicyclic) bond motifs is 7. The average molecular weight is 619 g/mol. The van der Waals surface area contributed by atoms with E-state index < -0.39 is 0 Å². The molecule has 4 aromatic heterocycles. The van der Waals surface area contributed by atoms with E-state index >= 15 is 0 Å². The molecule has 0 atom stereocenters.